The van der Waals surface area contributed by atoms with E-state index in [9.17, 15) is 0 Å². The van der Waals surface area contributed by atoms with E-state index in [1.807, 2.05) is 0 Å². The Morgan fingerprint density at radius 2 is 1.27 bits per heavy atom. The molecule has 0 aliphatic heterocycles. The molecule has 0 amide bonds. The van der Waals surface area contributed by atoms with E-state index in [1.165, 1.54) is 82.8 Å². The van der Waals surface area contributed by atoms with Crippen molar-refractivity contribution in [2.45, 2.75) is 13.8 Å². The molecule has 188 valence electrons. The summed E-state index contributed by atoms with van der Waals surface area (Å²) in [6, 6.07) is 42.2. The molecule has 0 unspecified atom stereocenters. The van der Waals surface area contributed by atoms with Crippen LogP contribution in [0.25, 0.3) is 72.7 Å². The van der Waals surface area contributed by atoms with Crippen molar-refractivity contribution in [1.82, 2.24) is 4.57 Å². The van der Waals surface area contributed by atoms with Gasteiger partial charge in [0.05, 0.1) is 11.0 Å². The molecule has 1 heteroatoms. The second-order valence-corrected chi connectivity index (χ2v) is 10.8. The van der Waals surface area contributed by atoms with Crippen molar-refractivity contribution in [3.05, 3.63) is 143 Å². The fraction of sp³-hybridized carbons (Fsp3) is 0.0513. The molecule has 8 rings (SSSR count). The highest BCUT2D eigenvalue weighted by Crippen LogP contribution is 2.41. The van der Waals surface area contributed by atoms with Crippen LogP contribution in [0.3, 0.4) is 0 Å². The molecule has 0 radical (unpaired) electrons. The summed E-state index contributed by atoms with van der Waals surface area (Å²) in [5, 5.41) is 5.16. The largest absolute Gasteiger partial charge is 0.309 e. The Balaban J connectivity index is 1.31. The first-order valence-corrected chi connectivity index (χ1v) is 13.9. The third kappa shape index (κ3) is 3.35. The predicted octanol–water partition coefficient (Wildman–Crippen LogP) is 10.5. The van der Waals surface area contributed by atoms with E-state index < -0.39 is 0 Å². The van der Waals surface area contributed by atoms with Crippen LogP contribution >= 0.6 is 0 Å². The summed E-state index contributed by atoms with van der Waals surface area (Å²) in [6.45, 7) is 4.38. The molecule has 0 saturated carbocycles. The van der Waals surface area contributed by atoms with E-state index in [4.69, 9.17) is 0 Å². The van der Waals surface area contributed by atoms with Crippen molar-refractivity contribution in [2.75, 3.05) is 0 Å². The van der Waals surface area contributed by atoms with E-state index >= 15 is 0 Å². The molecule has 1 nitrogen and oxygen atoms in total. The summed E-state index contributed by atoms with van der Waals surface area (Å²) in [7, 11) is 0. The number of rotatable bonds is 3. The third-order valence-electron chi connectivity index (χ3n) is 8.49. The molecule has 1 heterocycles. The van der Waals surface area contributed by atoms with Crippen molar-refractivity contribution in [3.63, 3.8) is 0 Å². The van der Waals surface area contributed by atoms with Crippen molar-refractivity contribution in [1.29, 1.82) is 0 Å². The van der Waals surface area contributed by atoms with E-state index in [0.29, 0.717) is 0 Å². The highest BCUT2D eigenvalue weighted by Gasteiger charge is 2.19. The van der Waals surface area contributed by atoms with Gasteiger partial charge < -0.3 is 4.57 Å². The first kappa shape index (κ1) is 22.8. The maximum absolute atomic E-state index is 3.33. The fourth-order valence-electron chi connectivity index (χ4n) is 6.46. The number of aromatic nitrogens is 1. The van der Waals surface area contributed by atoms with Crippen LogP contribution in [-0.4, -0.2) is 4.57 Å². The second-order valence-electron chi connectivity index (χ2n) is 10.8. The molecule has 0 bridgehead atoms. The number of hydrogen-bond donors (Lipinski definition) is 0. The molecular formula is C39H27N. The van der Waals surface area contributed by atoms with Gasteiger partial charge in [0.1, 0.15) is 0 Å². The van der Waals surface area contributed by atoms with Crippen LogP contribution in [0.5, 0.6) is 0 Å². The number of fused-ring (bicyclic) bond motifs is 7. The predicted molar refractivity (Wildman–Crippen MR) is 171 cm³/mol. The zero-order chi connectivity index (χ0) is 26.8. The van der Waals surface area contributed by atoms with Gasteiger partial charge in [-0.05, 0) is 106 Å². The molecule has 0 N–H and O–H groups in total. The van der Waals surface area contributed by atoms with Gasteiger partial charge in [-0.15, -0.1) is 5.73 Å². The molecule has 7 aromatic rings. The van der Waals surface area contributed by atoms with Crippen molar-refractivity contribution >= 4 is 44.7 Å². The smallest absolute Gasteiger partial charge is 0.0548 e. The molecule has 0 atom stereocenters. The summed E-state index contributed by atoms with van der Waals surface area (Å²) in [5.41, 5.74) is 17.1. The Hall–Kier alpha value is -5.10. The Labute approximate surface area is 234 Å². The molecule has 40 heavy (non-hydrogen) atoms. The third-order valence-corrected chi connectivity index (χ3v) is 8.49. The molecular weight excluding hydrogens is 482 g/mol. The minimum atomic E-state index is 1.17. The SMILES string of the molecule is Cc1ccccc1-c1cc(-c2ccc(-n3c4ccc5c(c4c4c6ccccc6ccc43)C=C=C5)cc2)ccc1C. The molecule has 0 fully saturated rings. The van der Waals surface area contributed by atoms with Gasteiger partial charge in [-0.3, -0.25) is 0 Å². The average molecular weight is 510 g/mol. The minimum absolute atomic E-state index is 1.17. The topological polar surface area (TPSA) is 4.93 Å². The summed E-state index contributed by atoms with van der Waals surface area (Å²) in [4.78, 5) is 0. The molecule has 1 aliphatic carbocycles. The Bertz CT molecular complexity index is 2200. The maximum atomic E-state index is 3.33. The molecule has 1 aliphatic rings. The summed E-state index contributed by atoms with van der Waals surface area (Å²) >= 11 is 0. The molecule has 0 spiro atoms. The standard InChI is InChI=1S/C39H27N/c1-25-8-3-5-11-32(25)35-24-30(15-14-26(35)2)27-16-20-31(21-17-27)40-36-22-18-28-9-4-6-12-33(28)38(36)39-34-13-7-10-29(34)19-23-37(39)40/h3-6,8-24H,1-2H3. The van der Waals surface area contributed by atoms with Crippen LogP contribution in [0.1, 0.15) is 22.3 Å². The van der Waals surface area contributed by atoms with E-state index in [1.54, 1.807) is 0 Å². The Morgan fingerprint density at radius 3 is 2.15 bits per heavy atom. The van der Waals surface area contributed by atoms with E-state index in [0.717, 1.165) is 0 Å². The van der Waals surface area contributed by atoms with Gasteiger partial charge in [-0.2, -0.15) is 0 Å². The zero-order valence-corrected chi connectivity index (χ0v) is 22.6. The highest BCUT2D eigenvalue weighted by atomic mass is 15.0. The van der Waals surface area contributed by atoms with Gasteiger partial charge in [-0.1, -0.05) is 84.9 Å². The molecule has 6 aromatic carbocycles. The number of aryl methyl sites for hydroxylation is 2. The fourth-order valence-corrected chi connectivity index (χ4v) is 6.46. The van der Waals surface area contributed by atoms with Crippen LogP contribution < -0.4 is 0 Å². The summed E-state index contributed by atoms with van der Waals surface area (Å²) in [6.07, 6.45) is 4.22. The van der Waals surface area contributed by atoms with Crippen molar-refractivity contribution in [3.8, 4) is 27.9 Å². The normalized spacial score (nSPS) is 12.2. The lowest BCUT2D eigenvalue weighted by molar-refractivity contribution is 1.18. The summed E-state index contributed by atoms with van der Waals surface area (Å²) in [5.74, 6) is 0. The van der Waals surface area contributed by atoms with Gasteiger partial charge in [-0.25, -0.2) is 0 Å². The van der Waals surface area contributed by atoms with Gasteiger partial charge in [0.15, 0.2) is 0 Å². The van der Waals surface area contributed by atoms with E-state index in [-0.39, 0.29) is 0 Å². The van der Waals surface area contributed by atoms with Gasteiger partial charge in [0.25, 0.3) is 0 Å². The number of benzene rings is 6. The number of nitrogens with zero attached hydrogens (tertiary/aromatic N) is 1. The van der Waals surface area contributed by atoms with Crippen LogP contribution in [0.15, 0.2) is 121 Å². The van der Waals surface area contributed by atoms with Gasteiger partial charge >= 0.3 is 0 Å². The van der Waals surface area contributed by atoms with Gasteiger partial charge in [0, 0.05) is 22.0 Å². The van der Waals surface area contributed by atoms with Crippen LogP contribution in [0.2, 0.25) is 0 Å². The Morgan fingerprint density at radius 1 is 0.550 bits per heavy atom. The monoisotopic (exact) mass is 509 g/mol. The highest BCUT2D eigenvalue weighted by molar-refractivity contribution is 6.24. The lowest BCUT2D eigenvalue weighted by Gasteiger charge is -2.13. The average Bonchev–Trinajstić information content (AvgIpc) is 3.61. The quantitative estimate of drug-likeness (QED) is 0.209. The zero-order valence-electron chi connectivity index (χ0n) is 22.6. The lowest BCUT2D eigenvalue weighted by atomic mass is 9.93. The molecule has 1 aromatic heterocycles. The Kier molecular flexibility index (Phi) is 4.98. The summed E-state index contributed by atoms with van der Waals surface area (Å²) < 4.78 is 2.42. The van der Waals surface area contributed by atoms with Crippen LogP contribution in [0.4, 0.5) is 0 Å². The second kappa shape index (κ2) is 8.71. The van der Waals surface area contributed by atoms with Gasteiger partial charge in [0.2, 0.25) is 0 Å². The lowest BCUT2D eigenvalue weighted by Crippen LogP contribution is -1.94. The van der Waals surface area contributed by atoms with Crippen molar-refractivity contribution in [2.24, 2.45) is 0 Å². The van der Waals surface area contributed by atoms with E-state index in [2.05, 4.69) is 152 Å². The maximum Gasteiger partial charge on any atom is 0.0548 e. The first-order valence-electron chi connectivity index (χ1n) is 13.9. The first-order chi connectivity index (χ1) is 19.7. The minimum Gasteiger partial charge on any atom is -0.309 e. The molecule has 0 saturated heterocycles. The van der Waals surface area contributed by atoms with Crippen LogP contribution in [0, 0.1) is 13.8 Å². The van der Waals surface area contributed by atoms with Crippen molar-refractivity contribution < 1.29 is 0 Å². The number of hydrogen-bond acceptors (Lipinski definition) is 0. The van der Waals surface area contributed by atoms with Crippen LogP contribution in [-0.2, 0) is 0 Å².